The molecular weight excluding hydrogens is 490 g/mol. The first kappa shape index (κ1) is 24.4. The maximum absolute atomic E-state index is 13.0. The number of benzene rings is 2. The average Bonchev–Trinajstić information content (AvgIpc) is 3.45. The van der Waals surface area contributed by atoms with Gasteiger partial charge in [-0.05, 0) is 60.2 Å². The topological polar surface area (TPSA) is 72.3 Å². The maximum Gasteiger partial charge on any atom is 0.267 e. The van der Waals surface area contributed by atoms with E-state index in [1.54, 1.807) is 29.5 Å². The molecule has 0 atom stereocenters. The van der Waals surface area contributed by atoms with Crippen LogP contribution >= 0.6 is 22.9 Å². The van der Waals surface area contributed by atoms with Gasteiger partial charge in [-0.1, -0.05) is 49.6 Å². The van der Waals surface area contributed by atoms with Gasteiger partial charge in [-0.15, -0.1) is 11.3 Å². The van der Waals surface area contributed by atoms with Gasteiger partial charge >= 0.3 is 0 Å². The van der Waals surface area contributed by atoms with Gasteiger partial charge in [0, 0.05) is 22.0 Å². The number of aryl methyl sites for hydroxylation is 1. The van der Waals surface area contributed by atoms with Crippen LogP contribution in [0.5, 0.6) is 0 Å². The highest BCUT2D eigenvalue weighted by Gasteiger charge is 2.20. The Morgan fingerprint density at radius 1 is 1.15 bits per heavy atom. The third kappa shape index (κ3) is 5.19. The molecule has 0 aliphatic heterocycles. The molecule has 2 aromatic carbocycles. The number of imidazole rings is 1. The lowest BCUT2D eigenvalue weighted by Crippen LogP contribution is -2.30. The van der Waals surface area contributed by atoms with E-state index in [0.717, 1.165) is 50.0 Å². The maximum atomic E-state index is 13.0. The second-order valence-electron chi connectivity index (χ2n) is 8.11. The average molecular weight is 516 g/mol. The Bertz CT molecular complexity index is 1390. The van der Waals surface area contributed by atoms with E-state index in [4.69, 9.17) is 11.6 Å². The lowest BCUT2D eigenvalue weighted by Gasteiger charge is -2.16. The zero-order chi connectivity index (χ0) is 24.2. The van der Waals surface area contributed by atoms with E-state index in [1.807, 2.05) is 42.0 Å². The molecule has 0 unspecified atom stereocenters. The summed E-state index contributed by atoms with van der Waals surface area (Å²) in [4.78, 5) is 18.8. The number of fused-ring (bicyclic) bond motifs is 1. The van der Waals surface area contributed by atoms with Crippen molar-refractivity contribution < 1.29 is 13.2 Å². The van der Waals surface area contributed by atoms with Crippen molar-refractivity contribution in [1.82, 2.24) is 13.9 Å². The Hall–Kier alpha value is -2.68. The summed E-state index contributed by atoms with van der Waals surface area (Å²) in [6.07, 6.45) is 2.45. The molecule has 0 spiro atoms. The molecule has 0 N–H and O–H groups in total. The number of rotatable bonds is 9. The molecule has 1 amide bonds. The second kappa shape index (κ2) is 10.7. The van der Waals surface area contributed by atoms with Gasteiger partial charge in [-0.2, -0.15) is 0 Å². The number of hydrogen-bond acceptors (Lipinski definition) is 5. The van der Waals surface area contributed by atoms with Crippen LogP contribution in [0.2, 0.25) is 5.02 Å². The molecular formula is C25H26ClN3O3S2. The summed E-state index contributed by atoms with van der Waals surface area (Å²) in [5.74, 6) is 0.269. The van der Waals surface area contributed by atoms with Gasteiger partial charge in [0.15, 0.2) is 0 Å². The lowest BCUT2D eigenvalue weighted by atomic mass is 10.1. The number of halogens is 1. The third-order valence-corrected chi connectivity index (χ3v) is 7.82. The Kier molecular flexibility index (Phi) is 7.70. The number of carbonyl (C=O) groups is 1. The lowest BCUT2D eigenvalue weighted by molar-refractivity contribution is 0.0863. The molecule has 0 saturated carbocycles. The molecule has 34 heavy (non-hydrogen) atoms. The van der Waals surface area contributed by atoms with Crippen LogP contribution in [-0.4, -0.2) is 34.7 Å². The molecule has 0 aliphatic carbocycles. The fourth-order valence-electron chi connectivity index (χ4n) is 3.94. The first-order valence-electron chi connectivity index (χ1n) is 11.1. The predicted molar refractivity (Wildman–Crippen MR) is 139 cm³/mol. The summed E-state index contributed by atoms with van der Waals surface area (Å²) < 4.78 is 26.4. The minimum atomic E-state index is -3.01. The minimum Gasteiger partial charge on any atom is -0.324 e. The largest absolute Gasteiger partial charge is 0.324 e. The summed E-state index contributed by atoms with van der Waals surface area (Å²) in [6, 6.07) is 15.2. The number of unbranched alkanes of at least 4 members (excludes halogenated alkanes) is 2. The molecule has 4 rings (SSSR count). The molecule has 9 heteroatoms. The first-order valence-corrected chi connectivity index (χ1v) is 13.5. The van der Waals surface area contributed by atoms with Crippen molar-refractivity contribution in [2.45, 2.75) is 39.7 Å². The summed E-state index contributed by atoms with van der Waals surface area (Å²) >= 11 is 8.29. The molecule has 2 heterocycles. The van der Waals surface area contributed by atoms with E-state index >= 15 is 0 Å². The molecule has 4 aromatic rings. The van der Waals surface area contributed by atoms with Crippen molar-refractivity contribution in [3.05, 3.63) is 75.9 Å². The van der Waals surface area contributed by atoms with Crippen molar-refractivity contribution in [2.24, 2.45) is 0 Å². The quantitative estimate of drug-likeness (QED) is 0.221. The molecule has 2 aromatic heterocycles. The van der Waals surface area contributed by atoms with E-state index in [-0.39, 0.29) is 6.54 Å². The number of carbonyl (C=O) groups excluding carboxylic acids is 1. The van der Waals surface area contributed by atoms with E-state index in [0.29, 0.717) is 23.6 Å². The summed E-state index contributed by atoms with van der Waals surface area (Å²) in [5.41, 5.74) is 3.83. The molecule has 0 radical (unpaired) electrons. The zero-order valence-electron chi connectivity index (χ0n) is 19.0. The number of thiol groups is 1. The van der Waals surface area contributed by atoms with Crippen molar-refractivity contribution in [2.75, 3.05) is 6.54 Å². The molecule has 0 saturated heterocycles. The Morgan fingerprint density at radius 3 is 2.65 bits per heavy atom. The Balaban J connectivity index is 1.65. The fourth-order valence-corrected chi connectivity index (χ4v) is 5.47. The highest BCUT2D eigenvalue weighted by molar-refractivity contribution is 7.70. The highest BCUT2D eigenvalue weighted by Crippen LogP contribution is 2.30. The number of aromatic nitrogens is 2. The standard InChI is InChI=1S/C25H26ClN3O3S2/c1-3-4-5-12-29(34(31)32)25(30)19-10-11-22-23(15-19)28(17(2)27-22)16-20-9-8-18(14-21(20)26)24-7-6-13-33-24/h6-11,13-15,34H,3-5,12,16H2,1-2H3. The Morgan fingerprint density at radius 2 is 1.97 bits per heavy atom. The summed E-state index contributed by atoms with van der Waals surface area (Å²) in [7, 11) is -3.01. The molecule has 0 fully saturated rings. The van der Waals surface area contributed by atoms with Crippen LogP contribution in [0.1, 0.15) is 47.9 Å². The first-order chi connectivity index (χ1) is 16.4. The van der Waals surface area contributed by atoms with Gasteiger partial charge < -0.3 is 4.57 Å². The fraction of sp³-hybridized carbons (Fsp3) is 0.280. The molecule has 178 valence electrons. The van der Waals surface area contributed by atoms with Crippen molar-refractivity contribution in [3.63, 3.8) is 0 Å². The zero-order valence-corrected chi connectivity index (χ0v) is 21.5. The highest BCUT2D eigenvalue weighted by atomic mass is 35.5. The van der Waals surface area contributed by atoms with E-state index in [9.17, 15) is 13.2 Å². The van der Waals surface area contributed by atoms with Crippen LogP contribution in [0, 0.1) is 6.92 Å². The molecule has 0 aliphatic rings. The molecule has 6 nitrogen and oxygen atoms in total. The monoisotopic (exact) mass is 515 g/mol. The minimum absolute atomic E-state index is 0.188. The van der Waals surface area contributed by atoms with Crippen LogP contribution in [0.4, 0.5) is 0 Å². The van der Waals surface area contributed by atoms with Gasteiger partial charge in [0.2, 0.25) is 10.9 Å². The SMILES string of the molecule is CCCCCN(C(=O)c1ccc2nc(C)n(Cc3ccc(-c4cccs4)cc3Cl)c2c1)[SH](=O)=O. The Labute approximate surface area is 209 Å². The number of amides is 1. The van der Waals surface area contributed by atoms with Crippen molar-refractivity contribution in [3.8, 4) is 10.4 Å². The molecule has 0 bridgehead atoms. The number of hydrogen-bond donors (Lipinski definition) is 1. The van der Waals surface area contributed by atoms with Gasteiger partial charge in [-0.25, -0.2) is 17.7 Å². The van der Waals surface area contributed by atoms with E-state index in [1.165, 1.54) is 0 Å². The van der Waals surface area contributed by atoms with E-state index in [2.05, 4.69) is 17.1 Å². The summed E-state index contributed by atoms with van der Waals surface area (Å²) in [6.45, 7) is 4.61. The van der Waals surface area contributed by atoms with Gasteiger partial charge in [0.1, 0.15) is 5.82 Å². The van der Waals surface area contributed by atoms with Crippen molar-refractivity contribution >= 4 is 50.8 Å². The van der Waals surface area contributed by atoms with Crippen LogP contribution in [0.15, 0.2) is 53.9 Å². The van der Waals surface area contributed by atoms with Crippen LogP contribution in [-0.2, 0) is 17.4 Å². The number of thiophene rings is 1. The number of nitrogens with zero attached hydrogens (tertiary/aromatic N) is 3. The smallest absolute Gasteiger partial charge is 0.267 e. The van der Waals surface area contributed by atoms with Crippen molar-refractivity contribution in [1.29, 1.82) is 0 Å². The second-order valence-corrected chi connectivity index (χ2v) is 10.4. The van der Waals surface area contributed by atoms with Crippen LogP contribution in [0.25, 0.3) is 21.5 Å². The predicted octanol–water partition coefficient (Wildman–Crippen LogP) is 5.93. The van der Waals surface area contributed by atoms with Crippen LogP contribution < -0.4 is 0 Å². The van der Waals surface area contributed by atoms with Gasteiger partial charge in [-0.3, -0.25) is 4.79 Å². The summed E-state index contributed by atoms with van der Waals surface area (Å²) in [5, 5.41) is 2.69. The third-order valence-electron chi connectivity index (χ3n) is 5.78. The van der Waals surface area contributed by atoms with E-state index < -0.39 is 16.8 Å². The normalized spacial score (nSPS) is 11.4. The van der Waals surface area contributed by atoms with Gasteiger partial charge in [0.05, 0.1) is 17.6 Å². The van der Waals surface area contributed by atoms with Crippen LogP contribution in [0.3, 0.4) is 0 Å². The van der Waals surface area contributed by atoms with Gasteiger partial charge in [0.25, 0.3) is 5.91 Å².